The summed E-state index contributed by atoms with van der Waals surface area (Å²) in [4.78, 5) is 83.3. The molecule has 6 aromatic carbocycles. The van der Waals surface area contributed by atoms with Crippen LogP contribution in [0.3, 0.4) is 0 Å². The number of aromatic amines is 2. The monoisotopic (exact) mass is 1550 g/mol. The second-order valence-electron chi connectivity index (χ2n) is 34.3. The van der Waals surface area contributed by atoms with Gasteiger partial charge in [0.15, 0.2) is 0 Å². The van der Waals surface area contributed by atoms with Gasteiger partial charge in [-0.25, -0.2) is 19.6 Å². The molecule has 4 saturated carbocycles. The standard InChI is InChI=1S/C41H45N5O4.C39H46BN3O6.C8H11BrN2/c1-22(2)38(45-41(48)49-3)40(47)46-35-10-6-9-26(35)17-36(46)33-18-30-29-19-37-31(16-24(29)12-14-32(30)43-33)28-13-11-25(15-27(28)21-50-37)34-20-42-39(44-34)23-7-4-5-8-23;1-21(2)35(42-37(45)46-7)36(44)43-32-10-8-9-23(32)17-33(43)31-18-28-27-19-34-29(16-22(27)11-14-30(28)41-31)26-13-12-25(15-24(26)20-47-34)40-48-38(3,4)39(5,6)49-40;9-7-5-10-8(11-7)6-3-1-2-4-6/h11-16,19-20,22-23,26,35-36,38H,4-10,17-18,21H2,1-3H3,(H,42,44)(H,45,48);11-16,19,21,23,32-33,35H,8-10,17-18,20H2,1-7H3,(H,42,45);5-6H,1-4H2,(H,10,11)/t26-,35-,36-,38-;23-,32-,33-,35-;/m00./s1. The van der Waals surface area contributed by atoms with E-state index in [9.17, 15) is 19.2 Å². The van der Waals surface area contributed by atoms with E-state index in [0.29, 0.717) is 49.7 Å². The summed E-state index contributed by atoms with van der Waals surface area (Å²) in [5.74, 6) is 5.99. The summed E-state index contributed by atoms with van der Waals surface area (Å²) in [6.07, 6.45) is 22.7. The molecule has 4 aliphatic carbocycles. The zero-order chi connectivity index (χ0) is 76.2. The van der Waals surface area contributed by atoms with Crippen LogP contribution in [0.4, 0.5) is 21.0 Å². The third-order valence-electron chi connectivity index (χ3n) is 26.5. The van der Waals surface area contributed by atoms with Crippen LogP contribution in [0, 0.1) is 23.7 Å². The van der Waals surface area contributed by atoms with Crippen molar-refractivity contribution in [1.82, 2.24) is 40.4 Å². The van der Waals surface area contributed by atoms with Crippen molar-refractivity contribution in [2.24, 2.45) is 33.7 Å². The number of hydrogen-bond acceptors (Lipinski definition) is 14. The van der Waals surface area contributed by atoms with Crippen molar-refractivity contribution < 1.29 is 47.4 Å². The molecule has 3 saturated heterocycles. The van der Waals surface area contributed by atoms with Gasteiger partial charge in [0, 0.05) is 59.3 Å². The lowest BCUT2D eigenvalue weighted by Crippen LogP contribution is -2.56. The number of benzene rings is 6. The summed E-state index contributed by atoms with van der Waals surface area (Å²) in [5.41, 5.74) is 15.6. The number of alkyl carbamates (subject to hydrolysis) is 2. The Balaban J connectivity index is 0.000000140. The number of carbonyl (C=O) groups excluding carboxylic acids is 4. The molecule has 20 nitrogen and oxygen atoms in total. The number of likely N-dealkylation sites (tertiary alicyclic amines) is 2. The normalized spacial score (nSPS) is 23.5. The Kier molecular flexibility index (Phi) is 19.9. The minimum Gasteiger partial charge on any atom is -0.488 e. The number of halogens is 1. The minimum atomic E-state index is -0.654. The summed E-state index contributed by atoms with van der Waals surface area (Å²) in [6, 6.07) is 29.4. The molecule has 110 heavy (non-hydrogen) atoms. The topological polar surface area (TPSA) is 236 Å². The Morgan fingerprint density at radius 3 is 1.50 bits per heavy atom. The zero-order valence-corrected chi connectivity index (χ0v) is 66.6. The summed E-state index contributed by atoms with van der Waals surface area (Å²) in [6.45, 7) is 17.1. The lowest BCUT2D eigenvalue weighted by atomic mass is 9.77. The van der Waals surface area contributed by atoms with Crippen LogP contribution < -0.4 is 25.6 Å². The van der Waals surface area contributed by atoms with Gasteiger partial charge >= 0.3 is 19.3 Å². The molecule has 7 aliphatic heterocycles. The number of carbonyl (C=O) groups is 4. The predicted molar refractivity (Wildman–Crippen MR) is 432 cm³/mol. The molecule has 19 rings (SSSR count). The quantitative estimate of drug-likeness (QED) is 0.0836. The zero-order valence-electron chi connectivity index (χ0n) is 65.0. The van der Waals surface area contributed by atoms with Crippen molar-refractivity contribution in [3.8, 4) is 45.0 Å². The van der Waals surface area contributed by atoms with Crippen molar-refractivity contribution in [1.29, 1.82) is 0 Å². The Morgan fingerprint density at radius 1 is 0.555 bits per heavy atom. The summed E-state index contributed by atoms with van der Waals surface area (Å²) >= 11 is 3.36. The van der Waals surface area contributed by atoms with E-state index in [1.165, 1.54) is 87.8 Å². The van der Waals surface area contributed by atoms with Gasteiger partial charge in [0.2, 0.25) is 11.8 Å². The highest BCUT2D eigenvalue weighted by Crippen LogP contribution is 2.51. The van der Waals surface area contributed by atoms with E-state index in [1.807, 2.05) is 40.1 Å². The fraction of sp³-hybridized carbons (Fsp3) is 0.500. The average molecular weight is 1550 g/mol. The molecule has 0 radical (unpaired) electrons. The largest absolute Gasteiger partial charge is 0.494 e. The van der Waals surface area contributed by atoms with Crippen LogP contribution in [0.5, 0.6) is 11.5 Å². The fourth-order valence-electron chi connectivity index (χ4n) is 19.9. The lowest BCUT2D eigenvalue weighted by molar-refractivity contribution is -0.137. The number of rotatable bonds is 12. The summed E-state index contributed by atoms with van der Waals surface area (Å²) in [5, 5.41) is 10.2. The van der Waals surface area contributed by atoms with Crippen molar-refractivity contribution in [2.75, 3.05) is 14.2 Å². The van der Waals surface area contributed by atoms with E-state index in [-0.39, 0.29) is 47.8 Å². The van der Waals surface area contributed by atoms with Crippen LogP contribution in [0.25, 0.3) is 55.1 Å². The molecule has 7 fully saturated rings. The Bertz CT molecular complexity index is 5000. The lowest BCUT2D eigenvalue weighted by Gasteiger charge is -2.34. The maximum atomic E-state index is 14.2. The number of H-pyrrole nitrogens is 2. The van der Waals surface area contributed by atoms with Crippen molar-refractivity contribution >= 4 is 96.9 Å². The second kappa shape index (κ2) is 29.7. The second-order valence-corrected chi connectivity index (χ2v) is 35.1. The van der Waals surface area contributed by atoms with Gasteiger partial charge < -0.3 is 58.7 Å². The van der Waals surface area contributed by atoms with E-state index < -0.39 is 42.6 Å². The first-order valence-electron chi connectivity index (χ1n) is 40.4. The van der Waals surface area contributed by atoms with Gasteiger partial charge in [-0.1, -0.05) is 109 Å². The van der Waals surface area contributed by atoms with Gasteiger partial charge in [-0.2, -0.15) is 0 Å². The Morgan fingerprint density at radius 2 is 1.03 bits per heavy atom. The first-order valence-corrected chi connectivity index (χ1v) is 41.2. The molecule has 9 heterocycles. The molecular weight excluding hydrogens is 1450 g/mol. The van der Waals surface area contributed by atoms with Gasteiger partial charge in [-0.05, 0) is 240 Å². The van der Waals surface area contributed by atoms with Crippen molar-refractivity contribution in [3.63, 3.8) is 0 Å². The molecule has 0 unspecified atom stereocenters. The Hall–Kier alpha value is -8.86. The van der Waals surface area contributed by atoms with Gasteiger partial charge in [0.05, 0.1) is 67.0 Å². The molecule has 8 atom stereocenters. The Labute approximate surface area is 653 Å². The van der Waals surface area contributed by atoms with Crippen LogP contribution in [-0.2, 0) is 54.4 Å². The van der Waals surface area contributed by atoms with Gasteiger partial charge in [-0.15, -0.1) is 0 Å². The number of hydrogen-bond donors (Lipinski definition) is 4. The molecule has 8 aromatic rings. The number of ether oxygens (including phenoxy) is 4. The number of aliphatic imine (C=N–C) groups is 2. The number of fused-ring (bicyclic) bond motifs is 14. The van der Waals surface area contributed by atoms with E-state index in [4.69, 9.17) is 43.2 Å². The molecule has 4 amide bonds. The van der Waals surface area contributed by atoms with Gasteiger partial charge in [0.25, 0.3) is 0 Å². The average Bonchev–Trinajstić information content (AvgIpc) is 1.48. The third-order valence-corrected chi connectivity index (χ3v) is 26.9. The number of imidazole rings is 2. The van der Waals surface area contributed by atoms with Gasteiger partial charge in [-0.3, -0.25) is 19.6 Å². The highest BCUT2D eigenvalue weighted by molar-refractivity contribution is 9.10. The molecule has 574 valence electrons. The van der Waals surface area contributed by atoms with E-state index in [0.717, 1.165) is 162 Å². The van der Waals surface area contributed by atoms with Crippen LogP contribution in [0.2, 0.25) is 0 Å². The van der Waals surface area contributed by atoms with E-state index >= 15 is 0 Å². The molecule has 0 bridgehead atoms. The van der Waals surface area contributed by atoms with E-state index in [2.05, 4.69) is 164 Å². The van der Waals surface area contributed by atoms with E-state index in [1.54, 1.807) is 0 Å². The highest BCUT2D eigenvalue weighted by Gasteiger charge is 2.54. The molecule has 22 heteroatoms. The first kappa shape index (κ1) is 73.9. The molecule has 4 N–H and O–H groups in total. The molecule has 11 aliphatic rings. The number of nitrogens with zero attached hydrogens (tertiary/aromatic N) is 6. The van der Waals surface area contributed by atoms with Crippen LogP contribution in [0.1, 0.15) is 204 Å². The van der Waals surface area contributed by atoms with Crippen LogP contribution in [0.15, 0.2) is 112 Å². The molecule has 0 spiro atoms. The van der Waals surface area contributed by atoms with Gasteiger partial charge in [0.1, 0.15) is 53.0 Å². The predicted octanol–water partition coefficient (Wildman–Crippen LogP) is 17.5. The third kappa shape index (κ3) is 13.7. The van der Waals surface area contributed by atoms with Crippen molar-refractivity contribution in [3.05, 3.63) is 136 Å². The maximum absolute atomic E-state index is 14.2. The first-order chi connectivity index (χ1) is 53.1. The SMILES string of the molecule is Brc1cnc(C2CCCC2)[nH]1.COC(=O)N[C@H](C(=O)N1[C@H](C2=Nc3ccc4cc5c(cc4c3C2)OCc2cc(-c3cnc(C4CCCC4)[nH]3)ccc2-5)C[C@@H]2CCC[C@@H]21)C(C)C.COC(=O)N[C@H](C(=O)N1[C@H](C2=Nc3ccc4cc5c(cc4c3C2)OCc2cc(B3OC(C)(C)C(C)(C)O3)ccc2-5)C[C@@H]2CCC[C@@H]21)C(C)C. The number of methoxy groups -OCH3 is 2. The minimum absolute atomic E-state index is 0.0283. The van der Waals surface area contributed by atoms with Crippen LogP contribution in [-0.4, -0.2) is 134 Å². The summed E-state index contributed by atoms with van der Waals surface area (Å²) in [7, 11) is 2.25. The maximum Gasteiger partial charge on any atom is 0.494 e. The molecular formula is C88H102BBrN10O10. The molecule has 2 aromatic heterocycles. The number of amides is 4. The number of aromatic nitrogens is 4. The smallest absolute Gasteiger partial charge is 0.488 e. The highest BCUT2D eigenvalue weighted by atomic mass is 79.9. The summed E-state index contributed by atoms with van der Waals surface area (Å²) < 4.78 is 36.3. The van der Waals surface area contributed by atoms with Crippen LogP contribution >= 0.6 is 15.9 Å². The van der Waals surface area contributed by atoms with Crippen molar-refractivity contribution in [2.45, 2.75) is 243 Å². The number of nitrogens with one attached hydrogen (secondary N) is 4. The fourth-order valence-corrected chi connectivity index (χ4v) is 20.2.